The lowest BCUT2D eigenvalue weighted by atomic mass is 10.1. The number of nitrogens with two attached hydrogens (primary N) is 1. The van der Waals surface area contributed by atoms with E-state index in [2.05, 4.69) is 0 Å². The van der Waals surface area contributed by atoms with Crippen molar-refractivity contribution in [2.45, 2.75) is 0 Å². The average molecular weight is 306 g/mol. The first-order valence-electron chi connectivity index (χ1n) is 5.84. The Morgan fingerprint density at radius 2 is 1.80 bits per heavy atom. The van der Waals surface area contributed by atoms with Crippen molar-refractivity contribution >= 4 is 45.6 Å². The highest BCUT2D eigenvalue weighted by molar-refractivity contribution is 6.42. The van der Waals surface area contributed by atoms with E-state index >= 15 is 0 Å². The number of anilines is 1. The Morgan fingerprint density at radius 1 is 1.05 bits per heavy atom. The monoisotopic (exact) mass is 305 g/mol. The van der Waals surface area contributed by atoms with Gasteiger partial charge >= 0.3 is 0 Å². The highest BCUT2D eigenvalue weighted by Crippen LogP contribution is 2.31. The fourth-order valence-corrected chi connectivity index (χ4v) is 2.30. The number of para-hydroxylation sites is 1. The van der Waals surface area contributed by atoms with Crippen molar-refractivity contribution in [1.82, 2.24) is 0 Å². The van der Waals surface area contributed by atoms with Crippen LogP contribution < -0.4 is 5.73 Å². The molecule has 20 heavy (non-hydrogen) atoms. The van der Waals surface area contributed by atoms with Gasteiger partial charge in [0.15, 0.2) is 5.76 Å². The molecular formula is C15H9Cl2NO2. The molecule has 1 aromatic heterocycles. The summed E-state index contributed by atoms with van der Waals surface area (Å²) in [5.41, 5.74) is 7.26. The lowest BCUT2D eigenvalue weighted by molar-refractivity contribution is 0.101. The van der Waals surface area contributed by atoms with E-state index in [1.165, 1.54) is 6.07 Å². The lowest BCUT2D eigenvalue weighted by Crippen LogP contribution is -2.03. The van der Waals surface area contributed by atoms with Crippen molar-refractivity contribution in [2.24, 2.45) is 0 Å². The molecule has 0 aliphatic rings. The van der Waals surface area contributed by atoms with Gasteiger partial charge in [-0.05, 0) is 30.3 Å². The van der Waals surface area contributed by atoms with Crippen LogP contribution in [0, 0.1) is 0 Å². The van der Waals surface area contributed by atoms with Crippen molar-refractivity contribution in [1.29, 1.82) is 0 Å². The minimum absolute atomic E-state index is 0.115. The Labute approximate surface area is 124 Å². The van der Waals surface area contributed by atoms with E-state index in [0.29, 0.717) is 26.9 Å². The predicted octanol–water partition coefficient (Wildman–Crippen LogP) is 4.55. The standard InChI is InChI=1S/C15H9Cl2NO2/c16-10-6-5-8(7-11(10)17)14(19)15-13(18)9-3-1-2-4-12(9)20-15/h1-7H,18H2. The van der Waals surface area contributed by atoms with Crippen molar-refractivity contribution in [2.75, 3.05) is 5.73 Å². The van der Waals surface area contributed by atoms with Crippen LogP contribution >= 0.6 is 23.2 Å². The summed E-state index contributed by atoms with van der Waals surface area (Å²) in [7, 11) is 0. The number of fused-ring (bicyclic) bond motifs is 1. The Morgan fingerprint density at radius 3 is 2.50 bits per heavy atom. The zero-order chi connectivity index (χ0) is 14.3. The van der Waals surface area contributed by atoms with Crippen LogP contribution in [0.1, 0.15) is 16.1 Å². The Hall–Kier alpha value is -1.97. The first kappa shape index (κ1) is 13.0. The van der Waals surface area contributed by atoms with Gasteiger partial charge in [-0.1, -0.05) is 35.3 Å². The normalized spacial score (nSPS) is 10.9. The summed E-state index contributed by atoms with van der Waals surface area (Å²) in [6.45, 7) is 0. The van der Waals surface area contributed by atoms with E-state index < -0.39 is 0 Å². The summed E-state index contributed by atoms with van der Waals surface area (Å²) < 4.78 is 5.53. The topological polar surface area (TPSA) is 56.2 Å². The number of furan rings is 1. The highest BCUT2D eigenvalue weighted by atomic mass is 35.5. The van der Waals surface area contributed by atoms with E-state index in [1.54, 1.807) is 24.3 Å². The molecule has 5 heteroatoms. The van der Waals surface area contributed by atoms with Crippen molar-refractivity contribution < 1.29 is 9.21 Å². The molecule has 0 bridgehead atoms. The maximum atomic E-state index is 12.4. The molecule has 100 valence electrons. The number of carbonyl (C=O) groups is 1. The Bertz CT molecular complexity index is 824. The van der Waals surface area contributed by atoms with Crippen LogP contribution in [0.3, 0.4) is 0 Å². The van der Waals surface area contributed by atoms with Gasteiger partial charge in [0.2, 0.25) is 5.78 Å². The Kier molecular flexibility index (Phi) is 3.16. The van der Waals surface area contributed by atoms with Gasteiger partial charge in [-0.3, -0.25) is 4.79 Å². The minimum Gasteiger partial charge on any atom is -0.450 e. The first-order chi connectivity index (χ1) is 9.58. The number of benzene rings is 2. The number of hydrogen-bond donors (Lipinski definition) is 1. The van der Waals surface area contributed by atoms with E-state index in [1.807, 2.05) is 12.1 Å². The number of rotatable bonds is 2. The largest absolute Gasteiger partial charge is 0.450 e. The molecule has 3 aromatic rings. The average Bonchev–Trinajstić information content (AvgIpc) is 2.79. The third-order valence-electron chi connectivity index (χ3n) is 3.02. The summed E-state index contributed by atoms with van der Waals surface area (Å²) >= 11 is 11.8. The molecular weight excluding hydrogens is 297 g/mol. The molecule has 0 radical (unpaired) electrons. The zero-order valence-corrected chi connectivity index (χ0v) is 11.7. The third-order valence-corrected chi connectivity index (χ3v) is 3.76. The lowest BCUT2D eigenvalue weighted by Gasteiger charge is -2.01. The first-order valence-corrected chi connectivity index (χ1v) is 6.60. The molecule has 2 N–H and O–H groups in total. The van der Waals surface area contributed by atoms with Gasteiger partial charge in [-0.2, -0.15) is 0 Å². The highest BCUT2D eigenvalue weighted by Gasteiger charge is 2.20. The van der Waals surface area contributed by atoms with Crippen LogP contribution in [0.4, 0.5) is 5.69 Å². The van der Waals surface area contributed by atoms with Crippen LogP contribution in [-0.2, 0) is 0 Å². The SMILES string of the molecule is Nc1c(C(=O)c2ccc(Cl)c(Cl)c2)oc2ccccc12. The smallest absolute Gasteiger partial charge is 0.230 e. The number of carbonyl (C=O) groups excluding carboxylic acids is 1. The van der Waals surface area contributed by atoms with Crippen LogP contribution in [-0.4, -0.2) is 5.78 Å². The summed E-state index contributed by atoms with van der Waals surface area (Å²) in [5, 5.41) is 1.42. The molecule has 0 aliphatic heterocycles. The van der Waals surface area contributed by atoms with E-state index in [0.717, 1.165) is 5.39 Å². The number of halogens is 2. The predicted molar refractivity (Wildman–Crippen MR) is 80.5 cm³/mol. The molecule has 0 unspecified atom stereocenters. The summed E-state index contributed by atoms with van der Waals surface area (Å²) in [6, 6.07) is 11.9. The second kappa shape index (κ2) is 4.85. The van der Waals surface area contributed by atoms with Crippen molar-refractivity contribution in [3.63, 3.8) is 0 Å². The molecule has 0 amide bonds. The molecule has 0 saturated heterocycles. The molecule has 0 fully saturated rings. The van der Waals surface area contributed by atoms with Crippen molar-refractivity contribution in [3.8, 4) is 0 Å². The molecule has 1 heterocycles. The Balaban J connectivity index is 2.12. The second-order valence-corrected chi connectivity index (χ2v) is 5.11. The van der Waals surface area contributed by atoms with Gasteiger partial charge in [0.25, 0.3) is 0 Å². The number of ketones is 1. The molecule has 3 rings (SSSR count). The molecule has 0 atom stereocenters. The van der Waals surface area contributed by atoms with E-state index in [9.17, 15) is 4.79 Å². The van der Waals surface area contributed by atoms with Gasteiger partial charge in [-0.25, -0.2) is 0 Å². The maximum absolute atomic E-state index is 12.4. The number of nitrogen functional groups attached to an aromatic ring is 1. The van der Waals surface area contributed by atoms with Gasteiger partial charge in [0.1, 0.15) is 5.58 Å². The summed E-state index contributed by atoms with van der Waals surface area (Å²) in [5.74, 6) is -0.207. The summed E-state index contributed by atoms with van der Waals surface area (Å²) in [6.07, 6.45) is 0. The van der Waals surface area contributed by atoms with Crippen LogP contribution in [0.2, 0.25) is 10.0 Å². The molecule has 3 nitrogen and oxygen atoms in total. The van der Waals surface area contributed by atoms with Gasteiger partial charge in [0, 0.05) is 10.9 Å². The minimum atomic E-state index is -0.322. The molecule has 0 spiro atoms. The molecule has 0 saturated carbocycles. The second-order valence-electron chi connectivity index (χ2n) is 4.30. The van der Waals surface area contributed by atoms with E-state index in [-0.39, 0.29) is 11.5 Å². The van der Waals surface area contributed by atoms with E-state index in [4.69, 9.17) is 33.4 Å². The van der Waals surface area contributed by atoms with Gasteiger partial charge in [-0.15, -0.1) is 0 Å². The van der Waals surface area contributed by atoms with Crippen LogP contribution in [0.15, 0.2) is 46.9 Å². The third kappa shape index (κ3) is 2.05. The van der Waals surface area contributed by atoms with Crippen LogP contribution in [0.5, 0.6) is 0 Å². The zero-order valence-electron chi connectivity index (χ0n) is 10.2. The van der Waals surface area contributed by atoms with Gasteiger partial charge in [0.05, 0.1) is 15.7 Å². The summed E-state index contributed by atoms with van der Waals surface area (Å²) in [4.78, 5) is 12.4. The fraction of sp³-hybridized carbons (Fsp3) is 0. The quantitative estimate of drug-likeness (QED) is 0.706. The molecule has 0 aliphatic carbocycles. The number of hydrogen-bond acceptors (Lipinski definition) is 3. The van der Waals surface area contributed by atoms with Gasteiger partial charge < -0.3 is 10.2 Å². The van der Waals surface area contributed by atoms with Crippen molar-refractivity contribution in [3.05, 3.63) is 63.8 Å². The van der Waals surface area contributed by atoms with Crippen LogP contribution in [0.25, 0.3) is 11.0 Å². The maximum Gasteiger partial charge on any atom is 0.230 e. The fourth-order valence-electron chi connectivity index (χ4n) is 2.00. The molecule has 2 aromatic carbocycles.